The average molecular weight is 222 g/mol. The zero-order chi connectivity index (χ0) is 11.7. The van der Waals surface area contributed by atoms with Gasteiger partial charge in [0.15, 0.2) is 0 Å². The highest BCUT2D eigenvalue weighted by Gasteiger charge is 2.28. The molecule has 86 valence electrons. The second-order valence-corrected chi connectivity index (χ2v) is 3.88. The molecule has 0 amide bonds. The third-order valence-corrected chi connectivity index (χ3v) is 2.88. The van der Waals surface area contributed by atoms with Gasteiger partial charge >= 0.3 is 5.97 Å². The van der Waals surface area contributed by atoms with Crippen LogP contribution in [0.3, 0.4) is 0 Å². The average Bonchev–Trinajstić information content (AvgIpc) is 2.67. The number of hydrogen-bond donors (Lipinski definition) is 1. The predicted octanol–water partition coefficient (Wildman–Crippen LogP) is 1.84. The fourth-order valence-electron chi connectivity index (χ4n) is 1.90. The molecule has 1 heterocycles. The lowest BCUT2D eigenvalue weighted by atomic mass is 10.00. The maximum absolute atomic E-state index is 11.2. The van der Waals surface area contributed by atoms with E-state index in [2.05, 4.69) is 4.74 Å². The van der Waals surface area contributed by atoms with Crippen LogP contribution < -0.4 is 0 Å². The number of esters is 1. The smallest absolute Gasteiger partial charge is 0.308 e. The van der Waals surface area contributed by atoms with Crippen molar-refractivity contribution in [3.8, 4) is 5.75 Å². The quantitative estimate of drug-likeness (QED) is 0.776. The van der Waals surface area contributed by atoms with Crippen LogP contribution >= 0.6 is 0 Å². The van der Waals surface area contributed by atoms with Gasteiger partial charge in [0.1, 0.15) is 5.75 Å². The molecule has 1 aliphatic rings. The molecule has 4 heteroatoms. The Morgan fingerprint density at radius 1 is 1.62 bits per heavy atom. The van der Waals surface area contributed by atoms with E-state index in [0.717, 1.165) is 16.7 Å². The van der Waals surface area contributed by atoms with E-state index in [1.54, 1.807) is 0 Å². The summed E-state index contributed by atoms with van der Waals surface area (Å²) in [6.45, 7) is 2.19. The van der Waals surface area contributed by atoms with Crippen LogP contribution in [0.1, 0.15) is 29.2 Å². The lowest BCUT2D eigenvalue weighted by Gasteiger charge is -2.10. The first-order chi connectivity index (χ1) is 7.63. The third-order valence-electron chi connectivity index (χ3n) is 2.88. The van der Waals surface area contributed by atoms with Crippen LogP contribution in [0.2, 0.25) is 0 Å². The van der Waals surface area contributed by atoms with Gasteiger partial charge in [0.25, 0.3) is 0 Å². The van der Waals surface area contributed by atoms with Crippen LogP contribution in [0.15, 0.2) is 12.1 Å². The second kappa shape index (κ2) is 4.14. The molecule has 1 aromatic carbocycles. The van der Waals surface area contributed by atoms with Crippen molar-refractivity contribution in [1.29, 1.82) is 0 Å². The molecule has 1 aliphatic heterocycles. The monoisotopic (exact) mass is 222 g/mol. The zero-order valence-electron chi connectivity index (χ0n) is 9.32. The van der Waals surface area contributed by atoms with Crippen molar-refractivity contribution in [2.75, 3.05) is 7.11 Å². The highest BCUT2D eigenvalue weighted by Crippen LogP contribution is 2.39. The number of rotatable bonds is 2. The Balaban J connectivity index is 2.27. The number of fused-ring (bicyclic) bond motifs is 1. The summed E-state index contributed by atoms with van der Waals surface area (Å²) in [7, 11) is 1.35. The minimum Gasteiger partial charge on any atom is -0.507 e. The standard InChI is InChI=1S/C12H14O4/c1-7-3-4-8-9(12(7)14)6-16-10(8)5-11(13)15-2/h3-4,10,14H,5-6H2,1-2H3. The molecule has 0 spiro atoms. The Morgan fingerprint density at radius 3 is 3.06 bits per heavy atom. The molecule has 0 aromatic heterocycles. The maximum Gasteiger partial charge on any atom is 0.308 e. The summed E-state index contributed by atoms with van der Waals surface area (Å²) in [6, 6.07) is 3.72. The lowest BCUT2D eigenvalue weighted by molar-refractivity contribution is -0.143. The topological polar surface area (TPSA) is 55.8 Å². The van der Waals surface area contributed by atoms with Crippen LogP contribution in [0, 0.1) is 6.92 Å². The number of benzene rings is 1. The molecule has 0 saturated carbocycles. The van der Waals surface area contributed by atoms with Crippen molar-refractivity contribution in [3.05, 3.63) is 28.8 Å². The molecule has 0 aliphatic carbocycles. The van der Waals surface area contributed by atoms with Gasteiger partial charge in [0, 0.05) is 5.56 Å². The first kappa shape index (κ1) is 11.0. The molecule has 0 radical (unpaired) electrons. The van der Waals surface area contributed by atoms with E-state index in [9.17, 15) is 9.90 Å². The van der Waals surface area contributed by atoms with Crippen LogP contribution in [-0.2, 0) is 20.9 Å². The molecule has 1 unspecified atom stereocenters. The highest BCUT2D eigenvalue weighted by molar-refractivity contribution is 5.70. The van der Waals surface area contributed by atoms with Crippen molar-refractivity contribution < 1.29 is 19.4 Å². The number of phenolic OH excluding ortho intramolecular Hbond substituents is 1. The van der Waals surface area contributed by atoms with Crippen molar-refractivity contribution in [1.82, 2.24) is 0 Å². The lowest BCUT2D eigenvalue weighted by Crippen LogP contribution is -2.07. The number of methoxy groups -OCH3 is 1. The van der Waals surface area contributed by atoms with Gasteiger partial charge in [-0.25, -0.2) is 0 Å². The SMILES string of the molecule is COC(=O)CC1OCc2c1ccc(C)c2O. The third kappa shape index (κ3) is 1.76. The summed E-state index contributed by atoms with van der Waals surface area (Å²) in [4.78, 5) is 11.2. The molecule has 2 rings (SSSR count). The Kier molecular flexibility index (Phi) is 2.83. The minimum atomic E-state index is -0.307. The van der Waals surface area contributed by atoms with Crippen LogP contribution in [-0.4, -0.2) is 18.2 Å². The highest BCUT2D eigenvalue weighted by atomic mass is 16.5. The number of phenols is 1. The molecular weight excluding hydrogens is 208 g/mol. The van der Waals surface area contributed by atoms with Gasteiger partial charge in [-0.3, -0.25) is 4.79 Å². The van der Waals surface area contributed by atoms with Gasteiger partial charge in [-0.2, -0.15) is 0 Å². The zero-order valence-corrected chi connectivity index (χ0v) is 9.32. The summed E-state index contributed by atoms with van der Waals surface area (Å²) in [5.41, 5.74) is 2.49. The van der Waals surface area contributed by atoms with Crippen molar-refractivity contribution in [3.63, 3.8) is 0 Å². The van der Waals surface area contributed by atoms with E-state index in [1.807, 2.05) is 19.1 Å². The number of hydrogen-bond acceptors (Lipinski definition) is 4. The number of carbonyl (C=O) groups excluding carboxylic acids is 1. The Morgan fingerprint density at radius 2 is 2.38 bits per heavy atom. The summed E-state index contributed by atoms with van der Waals surface area (Å²) in [5, 5.41) is 9.83. The molecular formula is C12H14O4. The normalized spacial score (nSPS) is 18.2. The fraction of sp³-hybridized carbons (Fsp3) is 0.417. The Bertz CT molecular complexity index is 425. The second-order valence-electron chi connectivity index (χ2n) is 3.88. The Labute approximate surface area is 93.8 Å². The molecule has 0 fully saturated rings. The van der Waals surface area contributed by atoms with Gasteiger partial charge in [0.2, 0.25) is 0 Å². The number of carbonyl (C=O) groups is 1. The van der Waals surface area contributed by atoms with E-state index in [4.69, 9.17) is 4.74 Å². The molecule has 0 bridgehead atoms. The summed E-state index contributed by atoms with van der Waals surface area (Å²) in [5.74, 6) is -0.0391. The van der Waals surface area contributed by atoms with Gasteiger partial charge < -0.3 is 14.6 Å². The Hall–Kier alpha value is -1.55. The van der Waals surface area contributed by atoms with Crippen molar-refractivity contribution in [2.45, 2.75) is 26.1 Å². The van der Waals surface area contributed by atoms with E-state index in [0.29, 0.717) is 6.61 Å². The number of aryl methyl sites for hydroxylation is 1. The molecule has 1 aromatic rings. The molecule has 4 nitrogen and oxygen atoms in total. The van der Waals surface area contributed by atoms with Crippen molar-refractivity contribution >= 4 is 5.97 Å². The maximum atomic E-state index is 11.2. The molecule has 0 saturated heterocycles. The first-order valence-corrected chi connectivity index (χ1v) is 5.13. The number of aromatic hydroxyl groups is 1. The van der Waals surface area contributed by atoms with Crippen LogP contribution in [0.25, 0.3) is 0 Å². The van der Waals surface area contributed by atoms with Crippen molar-refractivity contribution in [2.24, 2.45) is 0 Å². The number of ether oxygens (including phenoxy) is 2. The summed E-state index contributed by atoms with van der Waals surface area (Å²) >= 11 is 0. The largest absolute Gasteiger partial charge is 0.507 e. The molecule has 1 atom stereocenters. The molecule has 16 heavy (non-hydrogen) atoms. The predicted molar refractivity (Wildman–Crippen MR) is 57.0 cm³/mol. The van der Waals surface area contributed by atoms with Gasteiger partial charge in [-0.05, 0) is 18.1 Å². The van der Waals surface area contributed by atoms with E-state index in [-0.39, 0.29) is 24.2 Å². The molecule has 1 N–H and O–H groups in total. The van der Waals surface area contributed by atoms with Gasteiger partial charge in [0.05, 0.1) is 26.2 Å². The first-order valence-electron chi connectivity index (χ1n) is 5.13. The fourth-order valence-corrected chi connectivity index (χ4v) is 1.90. The summed E-state index contributed by atoms with van der Waals surface area (Å²) < 4.78 is 10.1. The van der Waals surface area contributed by atoms with Gasteiger partial charge in [-0.1, -0.05) is 12.1 Å². The van der Waals surface area contributed by atoms with E-state index in [1.165, 1.54) is 7.11 Å². The van der Waals surface area contributed by atoms with Crippen LogP contribution in [0.5, 0.6) is 5.75 Å². The van der Waals surface area contributed by atoms with E-state index >= 15 is 0 Å². The summed E-state index contributed by atoms with van der Waals surface area (Å²) in [6.07, 6.45) is -0.111. The van der Waals surface area contributed by atoms with E-state index < -0.39 is 0 Å². The minimum absolute atomic E-state index is 0.187. The van der Waals surface area contributed by atoms with Gasteiger partial charge in [-0.15, -0.1) is 0 Å². The van der Waals surface area contributed by atoms with Crippen LogP contribution in [0.4, 0.5) is 0 Å².